The average molecular weight is 252 g/mol. The first kappa shape index (κ1) is 14.8. The van der Waals surface area contributed by atoms with Crippen LogP contribution in [-0.2, 0) is 0 Å². The third-order valence-corrected chi connectivity index (χ3v) is 2.02. The topological polar surface area (TPSA) is 63.3 Å². The maximum absolute atomic E-state index is 12.0. The van der Waals surface area contributed by atoms with Crippen LogP contribution >= 0.6 is 12.4 Å². The molecule has 0 heterocycles. The second-order valence-electron chi connectivity index (χ2n) is 3.16. The van der Waals surface area contributed by atoms with Gasteiger partial charge in [-0.1, -0.05) is 12.1 Å². The predicted octanol–water partition coefficient (Wildman–Crippen LogP) is 2.46. The number of hydrogen-bond acceptors (Lipinski definition) is 2. The largest absolute Gasteiger partial charge is 0.478 e. The fourth-order valence-corrected chi connectivity index (χ4v) is 1.20. The average Bonchev–Trinajstić information content (AvgIpc) is 2.17. The Hall–Kier alpha value is -1.20. The minimum absolute atomic E-state index is 0. The van der Waals surface area contributed by atoms with Crippen LogP contribution in [0.4, 0.5) is 8.78 Å². The number of aromatic carboxylic acids is 1. The number of rotatable bonds is 4. The number of carbonyl (C=O) groups is 1. The molecule has 0 radical (unpaired) electrons. The molecule has 6 heteroatoms. The Morgan fingerprint density at radius 3 is 2.19 bits per heavy atom. The molecule has 0 fully saturated rings. The van der Waals surface area contributed by atoms with Gasteiger partial charge in [0.1, 0.15) is 0 Å². The summed E-state index contributed by atoms with van der Waals surface area (Å²) in [6.07, 6.45) is -2.88. The Bertz CT molecular complexity index is 343. The number of benzene rings is 1. The van der Waals surface area contributed by atoms with Crippen LogP contribution in [0.5, 0.6) is 0 Å². The van der Waals surface area contributed by atoms with E-state index >= 15 is 0 Å². The van der Waals surface area contributed by atoms with E-state index < -0.39 is 24.9 Å². The van der Waals surface area contributed by atoms with Crippen LogP contribution < -0.4 is 5.73 Å². The molecule has 0 aromatic heterocycles. The van der Waals surface area contributed by atoms with Crippen molar-refractivity contribution in [3.63, 3.8) is 0 Å². The fourth-order valence-electron chi connectivity index (χ4n) is 1.20. The van der Waals surface area contributed by atoms with E-state index in [-0.39, 0.29) is 18.0 Å². The number of alkyl halides is 2. The smallest absolute Gasteiger partial charge is 0.335 e. The molecule has 1 atom stereocenters. The van der Waals surface area contributed by atoms with Crippen molar-refractivity contribution in [3.05, 3.63) is 35.4 Å². The second-order valence-corrected chi connectivity index (χ2v) is 3.16. The molecule has 0 aliphatic carbocycles. The summed E-state index contributed by atoms with van der Waals surface area (Å²) in [7, 11) is 0. The first-order valence-electron chi connectivity index (χ1n) is 4.37. The lowest BCUT2D eigenvalue weighted by Gasteiger charge is -2.11. The molecule has 0 aliphatic heterocycles. The van der Waals surface area contributed by atoms with Crippen molar-refractivity contribution in [2.45, 2.75) is 18.9 Å². The molecular weight excluding hydrogens is 240 g/mol. The molecule has 0 unspecified atom stereocenters. The summed E-state index contributed by atoms with van der Waals surface area (Å²) in [6, 6.07) is 4.85. The molecule has 0 amide bonds. The normalized spacial score (nSPS) is 12.0. The molecule has 0 saturated heterocycles. The summed E-state index contributed by atoms with van der Waals surface area (Å²) >= 11 is 0. The van der Waals surface area contributed by atoms with Gasteiger partial charge in [0, 0.05) is 12.5 Å². The highest BCUT2D eigenvalue weighted by molar-refractivity contribution is 5.87. The molecule has 16 heavy (non-hydrogen) atoms. The summed E-state index contributed by atoms with van der Waals surface area (Å²) in [4.78, 5) is 10.5. The third kappa shape index (κ3) is 4.12. The lowest BCUT2D eigenvalue weighted by atomic mass is 10.0. The van der Waals surface area contributed by atoms with Crippen molar-refractivity contribution in [1.82, 2.24) is 0 Å². The van der Waals surface area contributed by atoms with Crippen molar-refractivity contribution in [1.29, 1.82) is 0 Å². The summed E-state index contributed by atoms with van der Waals surface area (Å²) in [5.41, 5.74) is 6.12. The van der Waals surface area contributed by atoms with E-state index in [1.54, 1.807) is 0 Å². The van der Waals surface area contributed by atoms with Crippen LogP contribution in [-0.4, -0.2) is 17.5 Å². The van der Waals surface area contributed by atoms with E-state index in [4.69, 9.17) is 10.8 Å². The highest BCUT2D eigenvalue weighted by atomic mass is 35.5. The van der Waals surface area contributed by atoms with Crippen LogP contribution in [0.15, 0.2) is 24.3 Å². The monoisotopic (exact) mass is 251 g/mol. The van der Waals surface area contributed by atoms with Gasteiger partial charge in [0.25, 0.3) is 0 Å². The van der Waals surface area contributed by atoms with Gasteiger partial charge in [-0.2, -0.15) is 0 Å². The van der Waals surface area contributed by atoms with Crippen molar-refractivity contribution < 1.29 is 18.7 Å². The molecule has 3 nitrogen and oxygen atoms in total. The minimum atomic E-state index is -2.46. The quantitative estimate of drug-likeness (QED) is 0.864. The van der Waals surface area contributed by atoms with Gasteiger partial charge in [0.05, 0.1) is 5.56 Å². The number of hydrogen-bond donors (Lipinski definition) is 2. The molecule has 0 aliphatic rings. The van der Waals surface area contributed by atoms with Crippen molar-refractivity contribution in [2.24, 2.45) is 5.73 Å². The van der Waals surface area contributed by atoms with Gasteiger partial charge in [0.2, 0.25) is 6.43 Å². The Labute approximate surface area is 97.7 Å². The van der Waals surface area contributed by atoms with E-state index in [0.717, 1.165) is 0 Å². The van der Waals surface area contributed by atoms with E-state index in [1.165, 1.54) is 24.3 Å². The van der Waals surface area contributed by atoms with Crippen LogP contribution in [0, 0.1) is 0 Å². The summed E-state index contributed by atoms with van der Waals surface area (Å²) in [6.45, 7) is 0. The van der Waals surface area contributed by atoms with Crippen molar-refractivity contribution in [2.75, 3.05) is 0 Å². The van der Waals surface area contributed by atoms with E-state index in [1.807, 2.05) is 0 Å². The van der Waals surface area contributed by atoms with E-state index in [2.05, 4.69) is 0 Å². The maximum atomic E-state index is 12.0. The number of carboxylic acid groups (broad SMARTS) is 1. The van der Waals surface area contributed by atoms with E-state index in [9.17, 15) is 13.6 Å². The van der Waals surface area contributed by atoms with Crippen LogP contribution in [0.1, 0.15) is 28.4 Å². The zero-order chi connectivity index (χ0) is 11.4. The summed E-state index contributed by atoms with van der Waals surface area (Å²) in [5, 5.41) is 8.61. The lowest BCUT2D eigenvalue weighted by molar-refractivity contribution is 0.0696. The number of nitrogens with two attached hydrogens (primary N) is 1. The fraction of sp³-hybridized carbons (Fsp3) is 0.300. The molecular formula is C10H12ClF2NO2. The molecule has 0 bridgehead atoms. The molecule has 1 aromatic rings. The van der Waals surface area contributed by atoms with Gasteiger partial charge < -0.3 is 10.8 Å². The molecule has 90 valence electrons. The third-order valence-electron chi connectivity index (χ3n) is 2.02. The zero-order valence-electron chi connectivity index (χ0n) is 8.27. The highest BCUT2D eigenvalue weighted by Gasteiger charge is 2.13. The molecule has 1 aromatic carbocycles. The summed E-state index contributed by atoms with van der Waals surface area (Å²) < 4.78 is 24.0. The lowest BCUT2D eigenvalue weighted by Crippen LogP contribution is -2.14. The first-order valence-corrected chi connectivity index (χ1v) is 4.37. The van der Waals surface area contributed by atoms with Crippen LogP contribution in [0.3, 0.4) is 0 Å². The van der Waals surface area contributed by atoms with E-state index in [0.29, 0.717) is 5.56 Å². The van der Waals surface area contributed by atoms with Gasteiger partial charge in [-0.05, 0) is 17.7 Å². The number of halogens is 3. The zero-order valence-corrected chi connectivity index (χ0v) is 9.08. The van der Waals surface area contributed by atoms with Crippen molar-refractivity contribution >= 4 is 18.4 Å². The second kappa shape index (κ2) is 6.40. The summed E-state index contributed by atoms with van der Waals surface area (Å²) in [5.74, 6) is -1.05. The maximum Gasteiger partial charge on any atom is 0.335 e. The standard InChI is InChI=1S/C10H11F2NO2.ClH/c11-9(12)5-8(13)6-1-3-7(4-2-6)10(14)15;/h1-4,8-9H,5,13H2,(H,14,15);1H/t8-;/m1./s1. The Morgan fingerprint density at radius 2 is 1.81 bits per heavy atom. The van der Waals surface area contributed by atoms with Gasteiger partial charge in [-0.3, -0.25) is 0 Å². The van der Waals surface area contributed by atoms with Gasteiger partial charge >= 0.3 is 5.97 Å². The van der Waals surface area contributed by atoms with Gasteiger partial charge in [-0.25, -0.2) is 13.6 Å². The molecule has 1 rings (SSSR count). The highest BCUT2D eigenvalue weighted by Crippen LogP contribution is 2.18. The molecule has 0 saturated carbocycles. The first-order chi connectivity index (χ1) is 7.00. The number of carboxylic acids is 1. The Balaban J connectivity index is 0.00000225. The molecule has 0 spiro atoms. The van der Waals surface area contributed by atoms with Gasteiger partial charge in [0.15, 0.2) is 0 Å². The van der Waals surface area contributed by atoms with Crippen LogP contribution in [0.25, 0.3) is 0 Å². The Kier molecular flexibility index (Phi) is 5.92. The SMILES string of the molecule is Cl.N[C@H](CC(F)F)c1ccc(C(=O)O)cc1. The van der Waals surface area contributed by atoms with Crippen LogP contribution in [0.2, 0.25) is 0 Å². The Morgan fingerprint density at radius 1 is 1.31 bits per heavy atom. The molecule has 3 N–H and O–H groups in total. The minimum Gasteiger partial charge on any atom is -0.478 e. The predicted molar refractivity (Wildman–Crippen MR) is 58.2 cm³/mol. The van der Waals surface area contributed by atoms with Crippen molar-refractivity contribution in [3.8, 4) is 0 Å². The van der Waals surface area contributed by atoms with Gasteiger partial charge in [-0.15, -0.1) is 12.4 Å².